The maximum atomic E-state index is 11.7. The van der Waals surface area contributed by atoms with E-state index in [0.717, 1.165) is 36.6 Å². The Morgan fingerprint density at radius 2 is 2.18 bits per heavy atom. The Hall–Kier alpha value is -1.00. The van der Waals surface area contributed by atoms with Gasteiger partial charge in [-0.25, -0.2) is 0 Å². The SMILES string of the molecule is O=C(Cc1ccc(S)cc1)NCC1CCOC1. The summed E-state index contributed by atoms with van der Waals surface area (Å²) in [7, 11) is 0. The molecule has 17 heavy (non-hydrogen) atoms. The molecule has 0 aliphatic carbocycles. The maximum absolute atomic E-state index is 11.7. The van der Waals surface area contributed by atoms with E-state index in [9.17, 15) is 4.79 Å². The summed E-state index contributed by atoms with van der Waals surface area (Å²) in [6, 6.07) is 7.66. The molecule has 0 aromatic heterocycles. The number of ether oxygens (including phenoxy) is 1. The molecule has 1 aromatic rings. The number of thiol groups is 1. The minimum Gasteiger partial charge on any atom is -0.381 e. The van der Waals surface area contributed by atoms with Gasteiger partial charge in [0.2, 0.25) is 5.91 Å². The van der Waals surface area contributed by atoms with Crippen molar-refractivity contribution in [2.45, 2.75) is 17.7 Å². The van der Waals surface area contributed by atoms with Gasteiger partial charge in [0.25, 0.3) is 0 Å². The molecule has 0 spiro atoms. The van der Waals surface area contributed by atoms with E-state index in [1.165, 1.54) is 0 Å². The number of nitrogens with one attached hydrogen (secondary N) is 1. The van der Waals surface area contributed by atoms with Gasteiger partial charge < -0.3 is 10.1 Å². The Bertz CT molecular complexity index is 372. The summed E-state index contributed by atoms with van der Waals surface area (Å²) in [6.07, 6.45) is 1.48. The number of benzene rings is 1. The van der Waals surface area contributed by atoms with Crippen LogP contribution in [0.15, 0.2) is 29.2 Å². The lowest BCUT2D eigenvalue weighted by Gasteiger charge is -2.09. The van der Waals surface area contributed by atoms with Crippen LogP contribution in [0.25, 0.3) is 0 Å². The molecule has 1 aliphatic rings. The molecule has 1 aromatic carbocycles. The van der Waals surface area contributed by atoms with Crippen LogP contribution >= 0.6 is 12.6 Å². The molecular formula is C13H17NO2S. The number of hydrogen-bond acceptors (Lipinski definition) is 3. The number of hydrogen-bond donors (Lipinski definition) is 2. The Kier molecular flexibility index (Phi) is 4.45. The third-order valence-electron chi connectivity index (χ3n) is 2.91. The fourth-order valence-corrected chi connectivity index (χ4v) is 2.01. The van der Waals surface area contributed by atoms with Crippen LogP contribution in [0.2, 0.25) is 0 Å². The second-order valence-corrected chi connectivity index (χ2v) is 4.89. The monoisotopic (exact) mass is 251 g/mol. The summed E-state index contributed by atoms with van der Waals surface area (Å²) in [4.78, 5) is 12.6. The number of amides is 1. The quantitative estimate of drug-likeness (QED) is 0.799. The largest absolute Gasteiger partial charge is 0.381 e. The first kappa shape index (κ1) is 12.5. The van der Waals surface area contributed by atoms with Crippen molar-refractivity contribution in [3.05, 3.63) is 29.8 Å². The van der Waals surface area contributed by atoms with Crippen molar-refractivity contribution in [3.63, 3.8) is 0 Å². The van der Waals surface area contributed by atoms with Crippen molar-refractivity contribution in [3.8, 4) is 0 Å². The van der Waals surface area contributed by atoms with Gasteiger partial charge in [0.05, 0.1) is 13.0 Å². The first-order valence-corrected chi connectivity index (χ1v) is 6.31. The molecule has 4 heteroatoms. The van der Waals surface area contributed by atoms with E-state index in [2.05, 4.69) is 17.9 Å². The van der Waals surface area contributed by atoms with Crippen LogP contribution in [0.5, 0.6) is 0 Å². The van der Waals surface area contributed by atoms with Gasteiger partial charge in [0, 0.05) is 24.0 Å². The van der Waals surface area contributed by atoms with Gasteiger partial charge in [0.1, 0.15) is 0 Å². The first-order valence-electron chi connectivity index (χ1n) is 5.86. The summed E-state index contributed by atoms with van der Waals surface area (Å²) >= 11 is 4.21. The zero-order chi connectivity index (χ0) is 12.1. The molecular weight excluding hydrogens is 234 g/mol. The van der Waals surface area contributed by atoms with Gasteiger partial charge in [-0.2, -0.15) is 0 Å². The molecule has 1 fully saturated rings. The molecule has 1 aliphatic heterocycles. The van der Waals surface area contributed by atoms with E-state index in [-0.39, 0.29) is 5.91 Å². The smallest absolute Gasteiger partial charge is 0.224 e. The van der Waals surface area contributed by atoms with Crippen LogP contribution in [-0.2, 0) is 16.0 Å². The lowest BCUT2D eigenvalue weighted by Crippen LogP contribution is -2.30. The van der Waals surface area contributed by atoms with Crippen molar-refractivity contribution < 1.29 is 9.53 Å². The van der Waals surface area contributed by atoms with E-state index in [4.69, 9.17) is 4.74 Å². The van der Waals surface area contributed by atoms with Gasteiger partial charge in [-0.15, -0.1) is 12.6 Å². The van der Waals surface area contributed by atoms with Gasteiger partial charge in [-0.05, 0) is 24.1 Å². The molecule has 0 bridgehead atoms. The summed E-state index contributed by atoms with van der Waals surface area (Å²) in [5.41, 5.74) is 1.02. The molecule has 0 saturated carbocycles. The van der Waals surface area contributed by atoms with E-state index < -0.39 is 0 Å². The van der Waals surface area contributed by atoms with E-state index in [1.54, 1.807) is 0 Å². The third kappa shape index (κ3) is 4.06. The third-order valence-corrected chi connectivity index (χ3v) is 3.21. The van der Waals surface area contributed by atoms with Crippen LogP contribution in [0.1, 0.15) is 12.0 Å². The molecule has 1 amide bonds. The first-order chi connectivity index (χ1) is 8.24. The molecule has 92 valence electrons. The lowest BCUT2D eigenvalue weighted by molar-refractivity contribution is -0.120. The normalized spacial score (nSPS) is 19.2. The van der Waals surface area contributed by atoms with Crippen LogP contribution < -0.4 is 5.32 Å². The molecule has 1 atom stereocenters. The molecule has 1 unspecified atom stereocenters. The Balaban J connectivity index is 1.74. The maximum Gasteiger partial charge on any atom is 0.224 e. The zero-order valence-electron chi connectivity index (χ0n) is 9.69. The summed E-state index contributed by atoms with van der Waals surface area (Å²) in [6.45, 7) is 2.32. The lowest BCUT2D eigenvalue weighted by atomic mass is 10.1. The fourth-order valence-electron chi connectivity index (χ4n) is 1.86. The van der Waals surface area contributed by atoms with E-state index >= 15 is 0 Å². The number of rotatable bonds is 4. The highest BCUT2D eigenvalue weighted by molar-refractivity contribution is 7.80. The molecule has 1 heterocycles. The predicted octanol–water partition coefficient (Wildman–Crippen LogP) is 1.67. The van der Waals surface area contributed by atoms with Gasteiger partial charge in [0.15, 0.2) is 0 Å². The molecule has 1 saturated heterocycles. The van der Waals surface area contributed by atoms with Gasteiger partial charge in [-0.1, -0.05) is 12.1 Å². The van der Waals surface area contributed by atoms with Crippen LogP contribution in [0, 0.1) is 5.92 Å². The van der Waals surface area contributed by atoms with Crippen molar-refractivity contribution in [1.82, 2.24) is 5.32 Å². The fraction of sp³-hybridized carbons (Fsp3) is 0.462. The zero-order valence-corrected chi connectivity index (χ0v) is 10.6. The molecule has 2 rings (SSSR count). The summed E-state index contributed by atoms with van der Waals surface area (Å²) < 4.78 is 5.26. The molecule has 0 radical (unpaired) electrons. The van der Waals surface area contributed by atoms with Crippen LogP contribution in [-0.4, -0.2) is 25.7 Å². The van der Waals surface area contributed by atoms with Crippen molar-refractivity contribution in [2.75, 3.05) is 19.8 Å². The average Bonchev–Trinajstić information content (AvgIpc) is 2.83. The van der Waals surface area contributed by atoms with Gasteiger partial charge >= 0.3 is 0 Å². The standard InChI is InChI=1S/C13H17NO2S/c15-13(14-8-11-5-6-16-9-11)7-10-1-3-12(17)4-2-10/h1-4,11,17H,5-9H2,(H,14,15). The second kappa shape index (κ2) is 6.07. The number of carbonyl (C=O) groups excluding carboxylic acids is 1. The number of carbonyl (C=O) groups is 1. The highest BCUT2D eigenvalue weighted by Crippen LogP contribution is 2.11. The highest BCUT2D eigenvalue weighted by Gasteiger charge is 2.16. The Morgan fingerprint density at radius 1 is 1.41 bits per heavy atom. The predicted molar refractivity (Wildman–Crippen MR) is 69.3 cm³/mol. The average molecular weight is 251 g/mol. The van der Waals surface area contributed by atoms with Crippen molar-refractivity contribution in [1.29, 1.82) is 0 Å². The molecule has 1 N–H and O–H groups in total. The molecule has 3 nitrogen and oxygen atoms in total. The van der Waals surface area contributed by atoms with E-state index in [1.807, 2.05) is 24.3 Å². The minimum atomic E-state index is 0.0730. The second-order valence-electron chi connectivity index (χ2n) is 4.38. The van der Waals surface area contributed by atoms with Crippen LogP contribution in [0.4, 0.5) is 0 Å². The van der Waals surface area contributed by atoms with Gasteiger partial charge in [-0.3, -0.25) is 4.79 Å². The Labute approximate surface area is 107 Å². The van der Waals surface area contributed by atoms with Crippen molar-refractivity contribution in [2.24, 2.45) is 5.92 Å². The minimum absolute atomic E-state index is 0.0730. The van der Waals surface area contributed by atoms with Crippen LogP contribution in [0.3, 0.4) is 0 Å². The topological polar surface area (TPSA) is 38.3 Å². The summed E-state index contributed by atoms with van der Waals surface area (Å²) in [5, 5.41) is 2.95. The van der Waals surface area contributed by atoms with E-state index in [0.29, 0.717) is 12.3 Å². The summed E-state index contributed by atoms with van der Waals surface area (Å²) in [5.74, 6) is 0.558. The highest BCUT2D eigenvalue weighted by atomic mass is 32.1. The van der Waals surface area contributed by atoms with Crippen molar-refractivity contribution >= 4 is 18.5 Å². The Morgan fingerprint density at radius 3 is 2.82 bits per heavy atom.